The number of hydrogen-bond donors (Lipinski definition) is 2. The van der Waals surface area contributed by atoms with E-state index >= 15 is 0 Å². The van der Waals surface area contributed by atoms with E-state index in [-0.39, 0.29) is 12.0 Å². The number of ether oxygens (including phenoxy) is 2. The molecule has 2 atom stereocenters. The Morgan fingerprint density at radius 3 is 2.35 bits per heavy atom. The number of carbonyl (C=O) groups excluding carboxylic acids is 2. The van der Waals surface area contributed by atoms with Crippen molar-refractivity contribution < 1.29 is 24.2 Å². The molecule has 2 N–H and O–H groups in total. The third-order valence-electron chi connectivity index (χ3n) is 5.10. The first kappa shape index (κ1) is 20.2. The molecule has 1 aliphatic rings. The van der Waals surface area contributed by atoms with Crippen LogP contribution in [0.3, 0.4) is 0 Å². The molecule has 0 aliphatic heterocycles. The molecule has 26 heavy (non-hydrogen) atoms. The summed E-state index contributed by atoms with van der Waals surface area (Å²) >= 11 is 0. The minimum absolute atomic E-state index is 0.131. The number of esters is 1. The van der Waals surface area contributed by atoms with E-state index in [1.54, 1.807) is 6.92 Å². The maximum absolute atomic E-state index is 12.5. The second-order valence-electron chi connectivity index (χ2n) is 7.85. The highest BCUT2D eigenvalue weighted by atomic mass is 16.6. The summed E-state index contributed by atoms with van der Waals surface area (Å²) in [6.07, 6.45) is -0.155. The van der Waals surface area contributed by atoms with Gasteiger partial charge in [0.1, 0.15) is 6.61 Å². The molecule has 1 aliphatic carbocycles. The molecular formula is C20H29NO5. The molecule has 1 unspecified atom stereocenters. The molecule has 1 fully saturated rings. The van der Waals surface area contributed by atoms with Crippen molar-refractivity contribution in [1.29, 1.82) is 0 Å². The molecule has 1 amide bonds. The van der Waals surface area contributed by atoms with Crippen LogP contribution in [-0.4, -0.2) is 29.5 Å². The number of benzene rings is 1. The van der Waals surface area contributed by atoms with Crippen molar-refractivity contribution >= 4 is 12.1 Å². The van der Waals surface area contributed by atoms with Gasteiger partial charge in [0.05, 0.1) is 11.5 Å². The van der Waals surface area contributed by atoms with Gasteiger partial charge in [-0.15, -0.1) is 0 Å². The van der Waals surface area contributed by atoms with E-state index in [4.69, 9.17) is 9.47 Å². The number of amides is 1. The fourth-order valence-corrected chi connectivity index (χ4v) is 2.98. The highest BCUT2D eigenvalue weighted by molar-refractivity contribution is 5.81. The normalized spacial score (nSPS) is 17.7. The molecular weight excluding hydrogens is 334 g/mol. The van der Waals surface area contributed by atoms with Crippen LogP contribution >= 0.6 is 0 Å². The first-order valence-electron chi connectivity index (χ1n) is 9.06. The van der Waals surface area contributed by atoms with E-state index in [9.17, 15) is 14.7 Å². The van der Waals surface area contributed by atoms with Crippen molar-refractivity contribution in [2.24, 2.45) is 10.8 Å². The highest BCUT2D eigenvalue weighted by Gasteiger charge is 2.59. The second-order valence-corrected chi connectivity index (χ2v) is 7.85. The van der Waals surface area contributed by atoms with Gasteiger partial charge >= 0.3 is 12.1 Å². The minimum atomic E-state index is -1.41. The van der Waals surface area contributed by atoms with Gasteiger partial charge in [-0.1, -0.05) is 58.0 Å². The van der Waals surface area contributed by atoms with Gasteiger partial charge < -0.3 is 19.9 Å². The zero-order valence-corrected chi connectivity index (χ0v) is 16.0. The molecule has 0 bridgehead atoms. The zero-order chi connectivity index (χ0) is 19.4. The fourth-order valence-electron chi connectivity index (χ4n) is 2.98. The fraction of sp³-hybridized carbons (Fsp3) is 0.600. The van der Waals surface area contributed by atoms with E-state index in [0.717, 1.165) is 18.4 Å². The lowest BCUT2D eigenvalue weighted by atomic mass is 9.77. The van der Waals surface area contributed by atoms with Crippen LogP contribution in [0, 0.1) is 10.8 Å². The van der Waals surface area contributed by atoms with Crippen LogP contribution in [0.1, 0.15) is 52.5 Å². The molecule has 1 aromatic carbocycles. The molecule has 6 nitrogen and oxygen atoms in total. The highest BCUT2D eigenvalue weighted by Crippen LogP contribution is 2.59. The van der Waals surface area contributed by atoms with Crippen molar-refractivity contribution in [2.75, 3.05) is 0 Å². The van der Waals surface area contributed by atoms with Crippen LogP contribution in [0.4, 0.5) is 4.79 Å². The molecule has 0 radical (unpaired) electrons. The molecule has 144 valence electrons. The number of hydrogen-bond acceptors (Lipinski definition) is 5. The number of aliphatic hydroxyl groups excluding tert-OH is 1. The van der Waals surface area contributed by atoms with Crippen LogP contribution in [0.15, 0.2) is 30.3 Å². The molecule has 6 heteroatoms. The summed E-state index contributed by atoms with van der Waals surface area (Å²) in [5.74, 6) is -0.407. The molecule has 2 rings (SSSR count). The molecule has 0 saturated heterocycles. The quantitative estimate of drug-likeness (QED) is 0.573. The SMILES string of the molecule is CC[C@H](NC(=O)OCc1ccccc1)C(O)OC(=O)C1(C(C)(C)C)CC1. The smallest absolute Gasteiger partial charge is 0.407 e. The first-order chi connectivity index (χ1) is 12.2. The Morgan fingerprint density at radius 1 is 1.23 bits per heavy atom. The maximum atomic E-state index is 12.5. The molecule has 0 heterocycles. The summed E-state index contributed by atoms with van der Waals surface area (Å²) in [6, 6.07) is 8.57. The van der Waals surface area contributed by atoms with Crippen LogP contribution in [0.25, 0.3) is 0 Å². The van der Waals surface area contributed by atoms with Gasteiger partial charge in [-0.2, -0.15) is 0 Å². The standard InChI is InChI=1S/C20H29NO5/c1-5-15(21-18(24)25-13-14-9-7-6-8-10-14)16(22)26-17(23)20(11-12-20)19(2,3)4/h6-10,15-16,22H,5,11-13H2,1-4H3,(H,21,24)/t15-,16?/m0/s1. The van der Waals surface area contributed by atoms with E-state index < -0.39 is 29.8 Å². The number of aliphatic hydroxyl groups is 1. The molecule has 1 aromatic rings. The van der Waals surface area contributed by atoms with Crippen molar-refractivity contribution in [3.8, 4) is 0 Å². The van der Waals surface area contributed by atoms with Gasteiger partial charge in [0.15, 0.2) is 0 Å². The van der Waals surface area contributed by atoms with E-state index in [2.05, 4.69) is 5.32 Å². The van der Waals surface area contributed by atoms with Gasteiger partial charge in [-0.25, -0.2) is 4.79 Å². The summed E-state index contributed by atoms with van der Waals surface area (Å²) in [6.45, 7) is 7.89. The average molecular weight is 363 g/mol. The van der Waals surface area contributed by atoms with Gasteiger partial charge in [-0.05, 0) is 30.2 Å². The molecule has 0 aromatic heterocycles. The van der Waals surface area contributed by atoms with Crippen LogP contribution in [0.5, 0.6) is 0 Å². The largest absolute Gasteiger partial charge is 0.445 e. The second kappa shape index (κ2) is 8.08. The third-order valence-corrected chi connectivity index (χ3v) is 5.10. The molecule has 0 spiro atoms. The van der Waals surface area contributed by atoms with Crippen LogP contribution < -0.4 is 5.32 Å². The minimum Gasteiger partial charge on any atom is -0.445 e. The van der Waals surface area contributed by atoms with Gasteiger partial charge in [-0.3, -0.25) is 4.79 Å². The summed E-state index contributed by atoms with van der Waals surface area (Å²) in [5, 5.41) is 12.8. The zero-order valence-electron chi connectivity index (χ0n) is 16.0. The summed E-state index contributed by atoms with van der Waals surface area (Å²) in [7, 11) is 0. The lowest BCUT2D eigenvalue weighted by Gasteiger charge is -2.31. The van der Waals surface area contributed by atoms with Crippen molar-refractivity contribution in [2.45, 2.75) is 65.9 Å². The summed E-state index contributed by atoms with van der Waals surface area (Å²) in [4.78, 5) is 24.4. The Morgan fingerprint density at radius 2 is 1.85 bits per heavy atom. The van der Waals surface area contributed by atoms with Gasteiger partial charge in [0.25, 0.3) is 0 Å². The summed E-state index contributed by atoms with van der Waals surface area (Å²) in [5.41, 5.74) is 0.0942. The van der Waals surface area contributed by atoms with Crippen LogP contribution in [0.2, 0.25) is 0 Å². The Hall–Kier alpha value is -2.08. The van der Waals surface area contributed by atoms with Crippen molar-refractivity contribution in [3.05, 3.63) is 35.9 Å². The van der Waals surface area contributed by atoms with Crippen molar-refractivity contribution in [3.63, 3.8) is 0 Å². The van der Waals surface area contributed by atoms with Gasteiger partial charge in [0, 0.05) is 0 Å². The topological polar surface area (TPSA) is 84.9 Å². The Labute approximate surface area is 154 Å². The maximum Gasteiger partial charge on any atom is 0.407 e. The Kier molecular flexibility index (Phi) is 6.29. The average Bonchev–Trinajstić information content (AvgIpc) is 3.40. The van der Waals surface area contributed by atoms with Gasteiger partial charge in [0.2, 0.25) is 6.29 Å². The Balaban J connectivity index is 1.85. The summed E-state index contributed by atoms with van der Waals surface area (Å²) < 4.78 is 10.4. The monoisotopic (exact) mass is 363 g/mol. The predicted molar refractivity (Wildman–Crippen MR) is 97.1 cm³/mol. The Bertz CT molecular complexity index is 619. The lowest BCUT2D eigenvalue weighted by Crippen LogP contribution is -2.46. The van der Waals surface area contributed by atoms with E-state index in [1.165, 1.54) is 0 Å². The van der Waals surface area contributed by atoms with Crippen LogP contribution in [-0.2, 0) is 20.9 Å². The van der Waals surface area contributed by atoms with E-state index in [1.807, 2.05) is 51.1 Å². The number of carbonyl (C=O) groups is 2. The first-order valence-corrected chi connectivity index (χ1v) is 9.06. The van der Waals surface area contributed by atoms with E-state index in [0.29, 0.717) is 6.42 Å². The number of nitrogens with one attached hydrogen (secondary N) is 1. The predicted octanol–water partition coefficient (Wildman–Crippen LogP) is 3.38. The number of alkyl carbamates (subject to hydrolysis) is 1. The number of rotatable bonds is 7. The lowest BCUT2D eigenvalue weighted by molar-refractivity contribution is -0.183. The third kappa shape index (κ3) is 4.75. The van der Waals surface area contributed by atoms with Crippen molar-refractivity contribution in [1.82, 2.24) is 5.32 Å². The molecule has 1 saturated carbocycles.